The Bertz CT molecular complexity index is 872. The lowest BCUT2D eigenvalue weighted by Crippen LogP contribution is -1.88. The van der Waals surface area contributed by atoms with Gasteiger partial charge in [-0.3, -0.25) is 0 Å². The Hall–Kier alpha value is -1.33. The average molecular weight is 365 g/mol. The summed E-state index contributed by atoms with van der Waals surface area (Å²) < 4.78 is 1.76. The monoisotopic (exact) mass is 364 g/mol. The standard InChI is InChI=1S/C14H9ClN4S3/c1-2-20-13-18-19-14(22-13)21-12-5-8(7-16)10-6-9(15)3-4-11(10)17-12/h3-6H,2H2,1H3. The number of nitrogens with zero attached hydrogens (tertiary/aromatic N) is 4. The van der Waals surface area contributed by atoms with E-state index in [9.17, 15) is 5.26 Å². The van der Waals surface area contributed by atoms with Gasteiger partial charge in [0, 0.05) is 10.4 Å². The molecule has 2 heterocycles. The number of benzene rings is 1. The molecule has 0 bridgehead atoms. The van der Waals surface area contributed by atoms with E-state index in [4.69, 9.17) is 11.6 Å². The lowest BCUT2D eigenvalue weighted by atomic mass is 10.1. The van der Waals surface area contributed by atoms with E-state index < -0.39 is 0 Å². The van der Waals surface area contributed by atoms with E-state index in [1.54, 1.807) is 30.0 Å². The van der Waals surface area contributed by atoms with Crippen LogP contribution in [0, 0.1) is 11.3 Å². The predicted molar refractivity (Wildman–Crippen MR) is 91.9 cm³/mol. The maximum Gasteiger partial charge on any atom is 0.181 e. The molecule has 0 aliphatic carbocycles. The minimum Gasteiger partial charge on any atom is -0.241 e. The Morgan fingerprint density at radius 3 is 2.86 bits per heavy atom. The molecule has 0 radical (unpaired) electrons. The quantitative estimate of drug-likeness (QED) is 0.615. The normalized spacial score (nSPS) is 10.8. The van der Waals surface area contributed by atoms with Crippen molar-refractivity contribution in [1.29, 1.82) is 5.26 Å². The van der Waals surface area contributed by atoms with Gasteiger partial charge in [-0.2, -0.15) is 5.26 Å². The van der Waals surface area contributed by atoms with Crippen LogP contribution in [0.4, 0.5) is 0 Å². The van der Waals surface area contributed by atoms with Gasteiger partial charge in [-0.15, -0.1) is 10.2 Å². The zero-order valence-electron chi connectivity index (χ0n) is 11.4. The lowest BCUT2D eigenvalue weighted by Gasteiger charge is -2.03. The highest BCUT2D eigenvalue weighted by Crippen LogP contribution is 2.34. The number of rotatable bonds is 4. The second-order valence-corrected chi connectivity index (χ2v) is 8.34. The van der Waals surface area contributed by atoms with Gasteiger partial charge in [0.15, 0.2) is 8.68 Å². The highest BCUT2D eigenvalue weighted by molar-refractivity contribution is 8.03. The molecule has 1 aromatic carbocycles. The fourth-order valence-corrected chi connectivity index (χ4v) is 4.88. The van der Waals surface area contributed by atoms with Gasteiger partial charge in [-0.1, -0.05) is 41.6 Å². The maximum absolute atomic E-state index is 9.33. The van der Waals surface area contributed by atoms with Gasteiger partial charge in [0.2, 0.25) is 0 Å². The molecule has 0 saturated carbocycles. The van der Waals surface area contributed by atoms with Gasteiger partial charge in [-0.25, -0.2) is 4.98 Å². The van der Waals surface area contributed by atoms with Crippen molar-refractivity contribution < 1.29 is 0 Å². The zero-order valence-corrected chi connectivity index (χ0v) is 14.6. The number of hydrogen-bond donors (Lipinski definition) is 0. The summed E-state index contributed by atoms with van der Waals surface area (Å²) >= 11 is 10.6. The summed E-state index contributed by atoms with van der Waals surface area (Å²) in [6.45, 7) is 2.08. The van der Waals surface area contributed by atoms with E-state index in [0.717, 1.165) is 30.4 Å². The third-order valence-electron chi connectivity index (χ3n) is 2.72. The van der Waals surface area contributed by atoms with Crippen molar-refractivity contribution in [3.8, 4) is 6.07 Å². The SMILES string of the molecule is CCSc1nnc(Sc2cc(C#N)c3cc(Cl)ccc3n2)s1. The molecule has 0 amide bonds. The molecular weight excluding hydrogens is 356 g/mol. The largest absolute Gasteiger partial charge is 0.241 e. The molecule has 110 valence electrons. The second kappa shape index (κ2) is 6.84. The first kappa shape index (κ1) is 15.6. The molecule has 3 rings (SSSR count). The molecule has 0 saturated heterocycles. The number of fused-ring (bicyclic) bond motifs is 1. The van der Waals surface area contributed by atoms with Crippen LogP contribution in [0.1, 0.15) is 12.5 Å². The maximum atomic E-state index is 9.33. The minimum atomic E-state index is 0.558. The number of nitriles is 1. The van der Waals surface area contributed by atoms with Crippen LogP contribution < -0.4 is 0 Å². The number of halogens is 1. The van der Waals surface area contributed by atoms with E-state index >= 15 is 0 Å². The molecule has 0 spiro atoms. The summed E-state index contributed by atoms with van der Waals surface area (Å²) in [7, 11) is 0. The van der Waals surface area contributed by atoms with E-state index in [-0.39, 0.29) is 0 Å². The third kappa shape index (κ3) is 3.36. The second-order valence-electron chi connectivity index (χ2n) is 4.15. The van der Waals surface area contributed by atoms with E-state index in [0.29, 0.717) is 10.6 Å². The fraction of sp³-hybridized carbons (Fsp3) is 0.143. The zero-order chi connectivity index (χ0) is 15.5. The molecule has 0 unspecified atom stereocenters. The fourth-order valence-electron chi connectivity index (χ4n) is 1.83. The minimum absolute atomic E-state index is 0.558. The van der Waals surface area contributed by atoms with Gasteiger partial charge in [-0.05, 0) is 41.8 Å². The van der Waals surface area contributed by atoms with Crippen molar-refractivity contribution in [2.24, 2.45) is 0 Å². The van der Waals surface area contributed by atoms with E-state index in [1.807, 2.05) is 6.07 Å². The van der Waals surface area contributed by atoms with Crippen LogP contribution in [0.15, 0.2) is 38.0 Å². The van der Waals surface area contributed by atoms with Gasteiger partial charge < -0.3 is 0 Å². The molecular formula is C14H9ClN4S3. The van der Waals surface area contributed by atoms with Crippen LogP contribution in [-0.2, 0) is 0 Å². The number of thioether (sulfide) groups is 1. The lowest BCUT2D eigenvalue weighted by molar-refractivity contribution is 0.953. The molecule has 4 nitrogen and oxygen atoms in total. The molecule has 0 aliphatic rings. The summed E-state index contributed by atoms with van der Waals surface area (Å²) in [4.78, 5) is 4.56. The van der Waals surface area contributed by atoms with Crippen molar-refractivity contribution in [2.75, 3.05) is 5.75 Å². The van der Waals surface area contributed by atoms with Crippen LogP contribution in [0.5, 0.6) is 0 Å². The summed E-state index contributed by atoms with van der Waals surface area (Å²) in [6.07, 6.45) is 0. The van der Waals surface area contributed by atoms with Crippen LogP contribution >= 0.6 is 46.5 Å². The summed E-state index contributed by atoms with van der Waals surface area (Å²) in [5.41, 5.74) is 1.31. The Kier molecular flexibility index (Phi) is 4.84. The number of aromatic nitrogens is 3. The molecule has 0 atom stereocenters. The first-order chi connectivity index (χ1) is 10.7. The molecule has 0 N–H and O–H groups in total. The van der Waals surface area contributed by atoms with Gasteiger partial charge in [0.1, 0.15) is 5.03 Å². The van der Waals surface area contributed by atoms with E-state index in [2.05, 4.69) is 28.2 Å². The summed E-state index contributed by atoms with van der Waals surface area (Å²) in [5.74, 6) is 0.965. The highest BCUT2D eigenvalue weighted by Gasteiger charge is 2.11. The van der Waals surface area contributed by atoms with E-state index in [1.165, 1.54) is 23.1 Å². The Labute approximate surface area is 144 Å². The molecule has 22 heavy (non-hydrogen) atoms. The number of pyridine rings is 1. The van der Waals surface area contributed by atoms with Crippen molar-refractivity contribution in [3.63, 3.8) is 0 Å². The predicted octanol–water partition coefficient (Wildman–Crippen LogP) is 4.87. The van der Waals surface area contributed by atoms with Crippen LogP contribution in [-0.4, -0.2) is 20.9 Å². The highest BCUT2D eigenvalue weighted by atomic mass is 35.5. The molecule has 8 heteroatoms. The van der Waals surface area contributed by atoms with Gasteiger partial charge in [0.05, 0.1) is 17.1 Å². The van der Waals surface area contributed by atoms with Crippen LogP contribution in [0.25, 0.3) is 10.9 Å². The molecule has 0 fully saturated rings. The van der Waals surface area contributed by atoms with Crippen LogP contribution in [0.2, 0.25) is 5.02 Å². The van der Waals surface area contributed by atoms with Gasteiger partial charge in [0.25, 0.3) is 0 Å². The Balaban J connectivity index is 1.97. The van der Waals surface area contributed by atoms with Crippen molar-refractivity contribution in [2.45, 2.75) is 20.6 Å². The topological polar surface area (TPSA) is 62.5 Å². The summed E-state index contributed by atoms with van der Waals surface area (Å²) in [5, 5.41) is 19.7. The Morgan fingerprint density at radius 1 is 1.27 bits per heavy atom. The van der Waals surface area contributed by atoms with Crippen molar-refractivity contribution >= 4 is 57.4 Å². The first-order valence-corrected chi connectivity index (χ1v) is 9.34. The van der Waals surface area contributed by atoms with Crippen molar-refractivity contribution in [3.05, 3.63) is 34.9 Å². The molecule has 3 aromatic rings. The smallest absolute Gasteiger partial charge is 0.181 e. The Morgan fingerprint density at radius 2 is 2.09 bits per heavy atom. The van der Waals surface area contributed by atoms with Crippen molar-refractivity contribution in [1.82, 2.24) is 15.2 Å². The summed E-state index contributed by atoms with van der Waals surface area (Å²) in [6, 6.07) is 9.31. The first-order valence-electron chi connectivity index (χ1n) is 6.34. The average Bonchev–Trinajstić information content (AvgIpc) is 2.94. The number of hydrogen-bond acceptors (Lipinski definition) is 7. The van der Waals surface area contributed by atoms with Crippen LogP contribution in [0.3, 0.4) is 0 Å². The third-order valence-corrected chi connectivity index (χ3v) is 5.86. The molecule has 0 aliphatic heterocycles. The molecule has 2 aromatic heterocycles. The van der Waals surface area contributed by atoms with Gasteiger partial charge >= 0.3 is 0 Å².